The number of nitrogens with one attached hydrogen (secondary N) is 2. The largest absolute Gasteiger partial charge is 0.336 e. The maximum atomic E-state index is 14.3. The number of carbonyl (C=O) groups excluding carboxylic acids is 1. The van der Waals surface area contributed by atoms with Gasteiger partial charge in [0.25, 0.3) is 5.56 Å². The van der Waals surface area contributed by atoms with Crippen LogP contribution in [0, 0.1) is 0 Å². The van der Waals surface area contributed by atoms with Gasteiger partial charge in [-0.05, 0) is 29.3 Å². The summed E-state index contributed by atoms with van der Waals surface area (Å²) in [4.78, 5) is 38.1. The van der Waals surface area contributed by atoms with Crippen LogP contribution in [-0.2, 0) is 6.54 Å². The third-order valence-electron chi connectivity index (χ3n) is 7.16. The number of rotatable bonds is 5. The molecular weight excluding hydrogens is 488 g/mol. The smallest absolute Gasteiger partial charge is 0.317 e. The van der Waals surface area contributed by atoms with Crippen LogP contribution in [0.5, 0.6) is 0 Å². The molecular formula is C31H24N6O2. The van der Waals surface area contributed by atoms with Crippen molar-refractivity contribution in [3.05, 3.63) is 113 Å². The van der Waals surface area contributed by atoms with Gasteiger partial charge in [0.2, 0.25) is 0 Å². The van der Waals surface area contributed by atoms with Crippen LogP contribution < -0.4 is 10.9 Å². The lowest BCUT2D eigenvalue weighted by atomic mass is 10.0. The molecule has 1 aliphatic rings. The van der Waals surface area contributed by atoms with Gasteiger partial charge in [0.15, 0.2) is 5.65 Å². The van der Waals surface area contributed by atoms with E-state index in [1.165, 1.54) is 4.52 Å². The molecule has 190 valence electrons. The van der Waals surface area contributed by atoms with Crippen molar-refractivity contribution in [3.8, 4) is 33.5 Å². The van der Waals surface area contributed by atoms with Gasteiger partial charge < -0.3 is 10.2 Å². The van der Waals surface area contributed by atoms with Gasteiger partial charge in [0.1, 0.15) is 0 Å². The molecule has 8 heteroatoms. The molecule has 0 spiro atoms. The Balaban J connectivity index is 1.54. The second-order valence-electron chi connectivity index (χ2n) is 9.56. The molecule has 3 aromatic carbocycles. The van der Waals surface area contributed by atoms with Gasteiger partial charge >= 0.3 is 6.03 Å². The van der Waals surface area contributed by atoms with Crippen LogP contribution >= 0.6 is 0 Å². The standard InChI is InChI=1S/C31H24N6O2/c38-30-26(23-13-14-24-22(18-23)12-7-15-32-24)25(19-36-17-16-33-31(36)39)34-29-27(20-8-3-1-4-9-20)28(35-37(29)30)21-10-5-2-6-11-21/h1-15,18,35H,16-17,19H2,(H,33,39). The Labute approximate surface area is 223 Å². The number of amides is 2. The summed E-state index contributed by atoms with van der Waals surface area (Å²) in [5.41, 5.74) is 6.40. The SMILES string of the molecule is O=C1NCCN1Cc1nc2c(-c3ccccc3)c(-c3ccccc3)[nH]n2c(=O)c1-c1ccc2ncccc2c1. The van der Waals surface area contributed by atoms with Gasteiger partial charge in [0, 0.05) is 30.2 Å². The maximum absolute atomic E-state index is 14.3. The van der Waals surface area contributed by atoms with E-state index in [1.54, 1.807) is 11.1 Å². The van der Waals surface area contributed by atoms with Crippen molar-refractivity contribution in [2.45, 2.75) is 6.54 Å². The van der Waals surface area contributed by atoms with Crippen LogP contribution in [0.15, 0.2) is 102 Å². The fourth-order valence-electron chi connectivity index (χ4n) is 5.29. The first-order valence-electron chi connectivity index (χ1n) is 12.8. The number of benzene rings is 3. The predicted octanol–water partition coefficient (Wildman–Crippen LogP) is 5.10. The summed E-state index contributed by atoms with van der Waals surface area (Å²) in [5, 5.41) is 7.13. The minimum atomic E-state index is -0.225. The summed E-state index contributed by atoms with van der Waals surface area (Å²) >= 11 is 0. The Morgan fingerprint density at radius 2 is 1.56 bits per heavy atom. The zero-order valence-corrected chi connectivity index (χ0v) is 21.0. The van der Waals surface area contributed by atoms with E-state index in [2.05, 4.69) is 15.4 Å². The number of nitrogens with zero attached hydrogens (tertiary/aromatic N) is 4. The highest BCUT2D eigenvalue weighted by Crippen LogP contribution is 2.35. The Hall–Kier alpha value is -5.24. The third kappa shape index (κ3) is 3.93. The molecule has 0 radical (unpaired) electrons. The zero-order chi connectivity index (χ0) is 26.3. The van der Waals surface area contributed by atoms with Crippen molar-refractivity contribution in [1.29, 1.82) is 0 Å². The van der Waals surface area contributed by atoms with E-state index >= 15 is 0 Å². The number of H-pyrrole nitrogens is 1. The van der Waals surface area contributed by atoms with Gasteiger partial charge in [-0.2, -0.15) is 4.52 Å². The molecule has 1 fully saturated rings. The number of aromatic nitrogens is 4. The molecule has 2 amide bonds. The highest BCUT2D eigenvalue weighted by atomic mass is 16.2. The first-order chi connectivity index (χ1) is 19.2. The summed E-state index contributed by atoms with van der Waals surface area (Å²) in [5.74, 6) is 0. The second-order valence-corrected chi connectivity index (χ2v) is 9.56. The molecule has 2 N–H and O–H groups in total. The van der Waals surface area contributed by atoms with Crippen LogP contribution in [-0.4, -0.2) is 43.6 Å². The van der Waals surface area contributed by atoms with E-state index in [9.17, 15) is 9.59 Å². The summed E-state index contributed by atoms with van der Waals surface area (Å²) < 4.78 is 1.53. The summed E-state index contributed by atoms with van der Waals surface area (Å²) in [6.07, 6.45) is 1.75. The number of urea groups is 1. The normalized spacial score (nSPS) is 13.3. The van der Waals surface area contributed by atoms with Gasteiger partial charge in [-0.25, -0.2) is 9.78 Å². The minimum Gasteiger partial charge on any atom is -0.336 e. The Kier molecular flexibility index (Phi) is 5.44. The van der Waals surface area contributed by atoms with E-state index in [0.29, 0.717) is 30.0 Å². The lowest BCUT2D eigenvalue weighted by Crippen LogP contribution is -2.30. The van der Waals surface area contributed by atoms with E-state index < -0.39 is 0 Å². The van der Waals surface area contributed by atoms with Crippen molar-refractivity contribution in [2.75, 3.05) is 13.1 Å². The first kappa shape index (κ1) is 22.9. The van der Waals surface area contributed by atoms with E-state index in [0.717, 1.165) is 38.9 Å². The fraction of sp³-hybridized carbons (Fsp3) is 0.0968. The molecule has 8 nitrogen and oxygen atoms in total. The average Bonchev–Trinajstić information content (AvgIpc) is 3.57. The topological polar surface area (TPSA) is 95.4 Å². The molecule has 1 saturated heterocycles. The number of hydrogen-bond acceptors (Lipinski definition) is 4. The molecule has 0 atom stereocenters. The number of hydrogen-bond donors (Lipinski definition) is 2. The van der Waals surface area contributed by atoms with Crippen molar-refractivity contribution in [1.82, 2.24) is 29.8 Å². The molecule has 6 aromatic rings. The molecule has 0 unspecified atom stereocenters. The first-order valence-corrected chi connectivity index (χ1v) is 12.8. The predicted molar refractivity (Wildman–Crippen MR) is 151 cm³/mol. The van der Waals surface area contributed by atoms with Crippen molar-refractivity contribution >= 4 is 22.6 Å². The molecule has 3 aromatic heterocycles. The van der Waals surface area contributed by atoms with Crippen LogP contribution in [0.2, 0.25) is 0 Å². The molecule has 0 aliphatic carbocycles. The summed E-state index contributed by atoms with van der Waals surface area (Å²) in [6, 6.07) is 29.3. The molecule has 0 saturated carbocycles. The van der Waals surface area contributed by atoms with Crippen molar-refractivity contribution in [2.24, 2.45) is 0 Å². The Bertz CT molecular complexity index is 1910. The van der Waals surface area contributed by atoms with Gasteiger partial charge in [0.05, 0.1) is 34.6 Å². The van der Waals surface area contributed by atoms with E-state index in [4.69, 9.17) is 4.98 Å². The fourth-order valence-corrected chi connectivity index (χ4v) is 5.29. The van der Waals surface area contributed by atoms with E-state index in [1.807, 2.05) is 91.0 Å². The lowest BCUT2D eigenvalue weighted by Gasteiger charge is -2.17. The average molecular weight is 513 g/mol. The highest BCUT2D eigenvalue weighted by molar-refractivity contribution is 5.91. The van der Waals surface area contributed by atoms with Gasteiger partial charge in [-0.3, -0.25) is 14.9 Å². The number of aromatic amines is 1. The number of carbonyl (C=O) groups is 1. The lowest BCUT2D eigenvalue weighted by molar-refractivity contribution is 0.215. The van der Waals surface area contributed by atoms with Crippen LogP contribution in [0.3, 0.4) is 0 Å². The zero-order valence-electron chi connectivity index (χ0n) is 21.0. The quantitative estimate of drug-likeness (QED) is 0.336. The Morgan fingerprint density at radius 1 is 0.795 bits per heavy atom. The Morgan fingerprint density at radius 3 is 2.31 bits per heavy atom. The van der Waals surface area contributed by atoms with Gasteiger partial charge in [-0.15, -0.1) is 0 Å². The number of fused-ring (bicyclic) bond motifs is 2. The summed E-state index contributed by atoms with van der Waals surface area (Å²) in [6.45, 7) is 1.33. The third-order valence-corrected chi connectivity index (χ3v) is 7.16. The second kappa shape index (κ2) is 9.25. The van der Waals surface area contributed by atoms with Crippen LogP contribution in [0.1, 0.15) is 5.69 Å². The van der Waals surface area contributed by atoms with Gasteiger partial charge in [-0.1, -0.05) is 72.8 Å². The van der Waals surface area contributed by atoms with Crippen LogP contribution in [0.25, 0.3) is 50.1 Å². The summed E-state index contributed by atoms with van der Waals surface area (Å²) in [7, 11) is 0. The molecule has 0 bridgehead atoms. The van der Waals surface area contributed by atoms with Crippen molar-refractivity contribution < 1.29 is 4.79 Å². The molecule has 7 rings (SSSR count). The molecule has 4 heterocycles. The van der Waals surface area contributed by atoms with Crippen LogP contribution in [0.4, 0.5) is 4.79 Å². The molecule has 1 aliphatic heterocycles. The van der Waals surface area contributed by atoms with E-state index in [-0.39, 0.29) is 18.1 Å². The monoisotopic (exact) mass is 512 g/mol. The highest BCUT2D eigenvalue weighted by Gasteiger charge is 2.26. The minimum absolute atomic E-state index is 0.159. The number of pyridine rings is 1. The molecule has 39 heavy (non-hydrogen) atoms. The van der Waals surface area contributed by atoms with Crippen molar-refractivity contribution in [3.63, 3.8) is 0 Å². The maximum Gasteiger partial charge on any atom is 0.317 e.